The Morgan fingerprint density at radius 1 is 1.50 bits per heavy atom. The van der Waals surface area contributed by atoms with E-state index in [0.717, 1.165) is 12.0 Å². The maximum atomic E-state index is 11.5. The molecule has 0 spiro atoms. The lowest BCUT2D eigenvalue weighted by Crippen LogP contribution is -2.03. The van der Waals surface area contributed by atoms with Crippen LogP contribution in [0.1, 0.15) is 18.9 Å². The second-order valence-electron chi connectivity index (χ2n) is 3.21. The van der Waals surface area contributed by atoms with Crippen LogP contribution in [-0.4, -0.2) is 11.0 Å². The minimum absolute atomic E-state index is 0.0903. The second kappa shape index (κ2) is 3.18. The Morgan fingerprint density at radius 3 is 3.00 bits per heavy atom. The van der Waals surface area contributed by atoms with Crippen molar-refractivity contribution in [1.29, 1.82) is 0 Å². The highest BCUT2D eigenvalue weighted by atomic mass is 16.3. The van der Waals surface area contributed by atoms with Crippen LogP contribution in [0.15, 0.2) is 24.3 Å². The zero-order chi connectivity index (χ0) is 10.1. The predicted octanol–water partition coefficient (Wildman–Crippen LogP) is 2.14. The van der Waals surface area contributed by atoms with Gasteiger partial charge in [0.05, 0.1) is 5.69 Å². The number of fused-ring (bicyclic) bond motifs is 1. The van der Waals surface area contributed by atoms with E-state index in [1.807, 2.05) is 13.0 Å². The summed E-state index contributed by atoms with van der Waals surface area (Å²) in [4.78, 5) is 11.5. The molecule has 1 aromatic carbocycles. The average molecular weight is 189 g/mol. The summed E-state index contributed by atoms with van der Waals surface area (Å²) in [5, 5.41) is 11.9. The smallest absolute Gasteiger partial charge is 0.256 e. The van der Waals surface area contributed by atoms with Gasteiger partial charge in [-0.25, -0.2) is 0 Å². The van der Waals surface area contributed by atoms with Crippen LogP contribution in [-0.2, 0) is 4.79 Å². The number of hydrogen-bond donors (Lipinski definition) is 2. The molecule has 3 heteroatoms. The normalized spacial score (nSPS) is 16.9. The summed E-state index contributed by atoms with van der Waals surface area (Å²) in [6, 6.07) is 4.90. The van der Waals surface area contributed by atoms with E-state index in [0.29, 0.717) is 11.3 Å². The zero-order valence-corrected chi connectivity index (χ0v) is 7.87. The van der Waals surface area contributed by atoms with Crippen molar-refractivity contribution < 1.29 is 9.90 Å². The number of anilines is 1. The van der Waals surface area contributed by atoms with Gasteiger partial charge in [0.15, 0.2) is 0 Å². The van der Waals surface area contributed by atoms with Crippen molar-refractivity contribution in [3.05, 3.63) is 29.8 Å². The molecule has 0 aromatic heterocycles. The molecule has 0 saturated carbocycles. The Labute approximate surface area is 82.1 Å². The molecule has 72 valence electrons. The quantitative estimate of drug-likeness (QED) is 0.665. The first-order valence-corrected chi connectivity index (χ1v) is 4.57. The molecule has 1 aliphatic heterocycles. The van der Waals surface area contributed by atoms with Crippen molar-refractivity contribution >= 4 is 17.2 Å². The molecule has 0 unspecified atom stereocenters. The molecule has 2 rings (SSSR count). The largest absolute Gasteiger partial charge is 0.508 e. The van der Waals surface area contributed by atoms with Crippen molar-refractivity contribution in [2.45, 2.75) is 13.3 Å². The van der Waals surface area contributed by atoms with Crippen LogP contribution >= 0.6 is 0 Å². The fourth-order valence-electron chi connectivity index (χ4n) is 1.59. The molecule has 0 saturated heterocycles. The van der Waals surface area contributed by atoms with E-state index >= 15 is 0 Å². The maximum absolute atomic E-state index is 11.5. The van der Waals surface area contributed by atoms with Gasteiger partial charge >= 0.3 is 0 Å². The van der Waals surface area contributed by atoms with Gasteiger partial charge in [0, 0.05) is 17.2 Å². The van der Waals surface area contributed by atoms with E-state index in [2.05, 4.69) is 5.32 Å². The first-order valence-electron chi connectivity index (χ1n) is 4.57. The number of hydrogen-bond acceptors (Lipinski definition) is 2. The molecule has 0 fully saturated rings. The average Bonchev–Trinajstić information content (AvgIpc) is 2.43. The standard InChI is InChI=1S/C11H11NO2/c1-2-3-9-8-5-4-7(13)6-10(8)12-11(9)14/h3-6,13H,2H2,1H3,(H,12,14)/b9-3-. The van der Waals surface area contributed by atoms with Gasteiger partial charge in [-0.3, -0.25) is 4.79 Å². The number of aromatic hydroxyl groups is 1. The lowest BCUT2D eigenvalue weighted by molar-refractivity contribution is -0.110. The number of rotatable bonds is 1. The summed E-state index contributed by atoms with van der Waals surface area (Å²) < 4.78 is 0. The molecule has 1 aromatic rings. The van der Waals surface area contributed by atoms with E-state index in [9.17, 15) is 9.90 Å². The van der Waals surface area contributed by atoms with Crippen LogP contribution < -0.4 is 5.32 Å². The van der Waals surface area contributed by atoms with Gasteiger partial charge in [0.25, 0.3) is 5.91 Å². The maximum Gasteiger partial charge on any atom is 0.256 e. The molecular weight excluding hydrogens is 178 g/mol. The van der Waals surface area contributed by atoms with Gasteiger partial charge in [0.2, 0.25) is 0 Å². The first kappa shape index (κ1) is 8.81. The van der Waals surface area contributed by atoms with Gasteiger partial charge < -0.3 is 10.4 Å². The van der Waals surface area contributed by atoms with E-state index in [1.54, 1.807) is 18.2 Å². The Bertz CT molecular complexity index is 421. The van der Waals surface area contributed by atoms with Gasteiger partial charge in [0.1, 0.15) is 5.75 Å². The Balaban J connectivity index is 2.53. The molecule has 14 heavy (non-hydrogen) atoms. The number of carbonyl (C=O) groups excluding carboxylic acids is 1. The highest BCUT2D eigenvalue weighted by Gasteiger charge is 2.23. The lowest BCUT2D eigenvalue weighted by Gasteiger charge is -1.97. The van der Waals surface area contributed by atoms with Crippen LogP contribution in [0, 0.1) is 0 Å². The SMILES string of the molecule is CC/C=C1\C(=O)Nc2cc(O)ccc21. The molecule has 0 radical (unpaired) electrons. The molecule has 0 aliphatic carbocycles. The number of amides is 1. The van der Waals surface area contributed by atoms with Crippen molar-refractivity contribution in [3.63, 3.8) is 0 Å². The fourth-order valence-corrected chi connectivity index (χ4v) is 1.59. The number of allylic oxidation sites excluding steroid dienone is 1. The fraction of sp³-hybridized carbons (Fsp3) is 0.182. The number of phenolic OH excluding ortho intramolecular Hbond substituents is 1. The van der Waals surface area contributed by atoms with E-state index in [-0.39, 0.29) is 11.7 Å². The number of benzene rings is 1. The van der Waals surface area contributed by atoms with Crippen molar-refractivity contribution in [1.82, 2.24) is 0 Å². The van der Waals surface area contributed by atoms with Crippen LogP contribution in [0.4, 0.5) is 5.69 Å². The first-order chi connectivity index (χ1) is 6.72. The summed E-state index contributed by atoms with van der Waals surface area (Å²) in [6.07, 6.45) is 2.71. The predicted molar refractivity (Wildman–Crippen MR) is 55.0 cm³/mol. The van der Waals surface area contributed by atoms with Crippen LogP contribution in [0.2, 0.25) is 0 Å². The summed E-state index contributed by atoms with van der Waals surface area (Å²) in [7, 11) is 0. The molecule has 0 bridgehead atoms. The summed E-state index contributed by atoms with van der Waals surface area (Å²) in [5.41, 5.74) is 2.26. The molecule has 2 N–H and O–H groups in total. The number of carbonyl (C=O) groups is 1. The molecule has 1 amide bonds. The third kappa shape index (κ3) is 1.27. The molecular formula is C11H11NO2. The number of nitrogens with one attached hydrogen (secondary N) is 1. The Hall–Kier alpha value is -1.77. The third-order valence-electron chi connectivity index (χ3n) is 2.19. The van der Waals surface area contributed by atoms with Crippen LogP contribution in [0.5, 0.6) is 5.75 Å². The van der Waals surface area contributed by atoms with E-state index in [1.165, 1.54) is 0 Å². The van der Waals surface area contributed by atoms with Gasteiger partial charge in [-0.05, 0) is 18.6 Å². The van der Waals surface area contributed by atoms with Crippen LogP contribution in [0.25, 0.3) is 5.57 Å². The van der Waals surface area contributed by atoms with Crippen molar-refractivity contribution in [3.8, 4) is 5.75 Å². The molecule has 3 nitrogen and oxygen atoms in total. The van der Waals surface area contributed by atoms with Gasteiger partial charge in [-0.1, -0.05) is 13.0 Å². The number of phenols is 1. The monoisotopic (exact) mass is 189 g/mol. The van der Waals surface area contributed by atoms with Crippen molar-refractivity contribution in [2.75, 3.05) is 5.32 Å². The van der Waals surface area contributed by atoms with Gasteiger partial charge in [-0.2, -0.15) is 0 Å². The Kier molecular flexibility index (Phi) is 2.00. The zero-order valence-electron chi connectivity index (χ0n) is 7.87. The Morgan fingerprint density at radius 2 is 2.29 bits per heavy atom. The highest BCUT2D eigenvalue weighted by Crippen LogP contribution is 2.34. The molecule has 1 heterocycles. The summed E-state index contributed by atoms with van der Waals surface area (Å²) in [6.45, 7) is 1.98. The topological polar surface area (TPSA) is 49.3 Å². The molecule has 0 atom stereocenters. The van der Waals surface area contributed by atoms with Crippen molar-refractivity contribution in [2.24, 2.45) is 0 Å². The summed E-state index contributed by atoms with van der Waals surface area (Å²) in [5.74, 6) is 0.0780. The lowest BCUT2D eigenvalue weighted by atomic mass is 10.1. The van der Waals surface area contributed by atoms with Crippen LogP contribution in [0.3, 0.4) is 0 Å². The minimum atomic E-state index is -0.0903. The molecule has 1 aliphatic rings. The third-order valence-corrected chi connectivity index (χ3v) is 2.19. The van der Waals surface area contributed by atoms with E-state index in [4.69, 9.17) is 0 Å². The highest BCUT2D eigenvalue weighted by molar-refractivity contribution is 6.31. The minimum Gasteiger partial charge on any atom is -0.508 e. The summed E-state index contributed by atoms with van der Waals surface area (Å²) >= 11 is 0. The van der Waals surface area contributed by atoms with Gasteiger partial charge in [-0.15, -0.1) is 0 Å². The second-order valence-corrected chi connectivity index (χ2v) is 3.21. The van der Waals surface area contributed by atoms with E-state index < -0.39 is 0 Å².